The second kappa shape index (κ2) is 4.63. The standard InChI is InChI=1S/C12H24N2/c13-12(6-1-2-7-12)8-10-14-9-5-11-3-4-11/h11,14H,1-10,13H2. The van der Waals surface area contributed by atoms with Crippen molar-refractivity contribution >= 4 is 0 Å². The van der Waals surface area contributed by atoms with Crippen molar-refractivity contribution in [3.63, 3.8) is 0 Å². The molecule has 14 heavy (non-hydrogen) atoms. The van der Waals surface area contributed by atoms with Gasteiger partial charge in [0.15, 0.2) is 0 Å². The summed E-state index contributed by atoms with van der Waals surface area (Å²) in [6.07, 6.45) is 10.7. The molecule has 2 saturated carbocycles. The van der Waals surface area contributed by atoms with E-state index >= 15 is 0 Å². The summed E-state index contributed by atoms with van der Waals surface area (Å²) in [7, 11) is 0. The van der Waals surface area contributed by atoms with Gasteiger partial charge in [-0.3, -0.25) is 0 Å². The Morgan fingerprint density at radius 2 is 1.86 bits per heavy atom. The van der Waals surface area contributed by atoms with Crippen LogP contribution in [0.3, 0.4) is 0 Å². The van der Waals surface area contributed by atoms with Crippen LogP contribution in [0.25, 0.3) is 0 Å². The highest BCUT2D eigenvalue weighted by Crippen LogP contribution is 2.32. The highest BCUT2D eigenvalue weighted by Gasteiger charge is 2.28. The zero-order valence-electron chi connectivity index (χ0n) is 9.23. The van der Waals surface area contributed by atoms with E-state index in [0.717, 1.165) is 12.5 Å². The number of nitrogens with two attached hydrogens (primary N) is 1. The van der Waals surface area contributed by atoms with Gasteiger partial charge in [-0.2, -0.15) is 0 Å². The molecule has 0 bridgehead atoms. The van der Waals surface area contributed by atoms with Crippen molar-refractivity contribution in [2.75, 3.05) is 13.1 Å². The Kier molecular flexibility index (Phi) is 3.45. The van der Waals surface area contributed by atoms with Gasteiger partial charge < -0.3 is 11.1 Å². The Morgan fingerprint density at radius 3 is 2.50 bits per heavy atom. The Hall–Kier alpha value is -0.0800. The first kappa shape index (κ1) is 10.4. The van der Waals surface area contributed by atoms with Crippen LogP contribution in [0, 0.1) is 5.92 Å². The van der Waals surface area contributed by atoms with E-state index in [1.54, 1.807) is 0 Å². The summed E-state index contributed by atoms with van der Waals surface area (Å²) >= 11 is 0. The molecule has 0 aromatic rings. The molecule has 0 saturated heterocycles. The van der Waals surface area contributed by atoms with Crippen LogP contribution in [0.15, 0.2) is 0 Å². The van der Waals surface area contributed by atoms with Crippen molar-refractivity contribution in [3.05, 3.63) is 0 Å². The molecule has 0 atom stereocenters. The second-order valence-corrected chi connectivity index (χ2v) is 5.30. The summed E-state index contributed by atoms with van der Waals surface area (Å²) < 4.78 is 0. The van der Waals surface area contributed by atoms with Gasteiger partial charge in [0.25, 0.3) is 0 Å². The van der Waals surface area contributed by atoms with Gasteiger partial charge in [-0.15, -0.1) is 0 Å². The summed E-state index contributed by atoms with van der Waals surface area (Å²) in [5.41, 5.74) is 6.46. The molecule has 0 aliphatic heterocycles. The minimum Gasteiger partial charge on any atom is -0.325 e. The van der Waals surface area contributed by atoms with Gasteiger partial charge in [0.1, 0.15) is 0 Å². The van der Waals surface area contributed by atoms with Crippen molar-refractivity contribution in [1.29, 1.82) is 0 Å². The maximum Gasteiger partial charge on any atom is 0.0166 e. The third-order valence-electron chi connectivity index (χ3n) is 3.83. The number of rotatable bonds is 6. The quantitative estimate of drug-likeness (QED) is 0.638. The molecule has 0 radical (unpaired) electrons. The van der Waals surface area contributed by atoms with Crippen LogP contribution in [-0.4, -0.2) is 18.6 Å². The molecule has 0 aromatic carbocycles. The van der Waals surface area contributed by atoms with Crippen molar-refractivity contribution in [2.24, 2.45) is 11.7 Å². The molecule has 0 spiro atoms. The average molecular weight is 196 g/mol. The van der Waals surface area contributed by atoms with Crippen LogP contribution in [0.5, 0.6) is 0 Å². The normalized spacial score (nSPS) is 25.5. The molecule has 2 aliphatic carbocycles. The lowest BCUT2D eigenvalue weighted by Gasteiger charge is -2.23. The second-order valence-electron chi connectivity index (χ2n) is 5.30. The van der Waals surface area contributed by atoms with Gasteiger partial charge in [-0.1, -0.05) is 25.7 Å². The van der Waals surface area contributed by atoms with Crippen LogP contribution >= 0.6 is 0 Å². The van der Waals surface area contributed by atoms with Crippen LogP contribution in [-0.2, 0) is 0 Å². The molecule has 0 heterocycles. The number of nitrogens with one attached hydrogen (secondary N) is 1. The molecule has 2 heteroatoms. The van der Waals surface area contributed by atoms with Crippen molar-refractivity contribution in [3.8, 4) is 0 Å². The maximum absolute atomic E-state index is 6.27. The van der Waals surface area contributed by atoms with E-state index in [0.29, 0.717) is 0 Å². The van der Waals surface area contributed by atoms with Crippen LogP contribution in [0.2, 0.25) is 0 Å². The lowest BCUT2D eigenvalue weighted by molar-refractivity contribution is 0.392. The number of hydrogen-bond acceptors (Lipinski definition) is 2. The van der Waals surface area contributed by atoms with Gasteiger partial charge in [-0.25, -0.2) is 0 Å². The van der Waals surface area contributed by atoms with Crippen molar-refractivity contribution < 1.29 is 0 Å². The minimum atomic E-state index is 0.187. The smallest absolute Gasteiger partial charge is 0.0166 e. The van der Waals surface area contributed by atoms with E-state index in [4.69, 9.17) is 5.73 Å². The van der Waals surface area contributed by atoms with E-state index in [1.807, 2.05) is 0 Å². The first-order valence-corrected chi connectivity index (χ1v) is 6.28. The third-order valence-corrected chi connectivity index (χ3v) is 3.83. The zero-order valence-corrected chi connectivity index (χ0v) is 9.23. The molecular formula is C12H24N2. The lowest BCUT2D eigenvalue weighted by atomic mass is 9.95. The van der Waals surface area contributed by atoms with Crippen molar-refractivity contribution in [1.82, 2.24) is 5.32 Å². The van der Waals surface area contributed by atoms with Gasteiger partial charge >= 0.3 is 0 Å². The summed E-state index contributed by atoms with van der Waals surface area (Å²) in [4.78, 5) is 0. The van der Waals surface area contributed by atoms with Crippen LogP contribution in [0.1, 0.15) is 51.4 Å². The van der Waals surface area contributed by atoms with Crippen LogP contribution < -0.4 is 11.1 Å². The fraction of sp³-hybridized carbons (Fsp3) is 1.00. The van der Waals surface area contributed by atoms with Crippen molar-refractivity contribution in [2.45, 2.75) is 56.9 Å². The van der Waals surface area contributed by atoms with Gasteiger partial charge in [-0.05, 0) is 44.7 Å². The Bertz CT molecular complexity index is 169. The molecule has 2 nitrogen and oxygen atoms in total. The Labute approximate surface area is 87.6 Å². The molecule has 82 valence electrons. The van der Waals surface area contributed by atoms with Gasteiger partial charge in [0.05, 0.1) is 0 Å². The predicted octanol–water partition coefficient (Wildman–Crippen LogP) is 2.04. The summed E-state index contributed by atoms with van der Waals surface area (Å²) in [6, 6.07) is 0. The highest BCUT2D eigenvalue weighted by atomic mass is 14.9. The monoisotopic (exact) mass is 196 g/mol. The summed E-state index contributed by atoms with van der Waals surface area (Å²) in [6.45, 7) is 2.34. The molecule has 3 N–H and O–H groups in total. The molecule has 2 rings (SSSR count). The lowest BCUT2D eigenvalue weighted by Crippen LogP contribution is -2.39. The molecule has 2 aliphatic rings. The van der Waals surface area contributed by atoms with E-state index in [9.17, 15) is 0 Å². The molecular weight excluding hydrogens is 172 g/mol. The Balaban J connectivity index is 1.48. The zero-order chi connectivity index (χ0) is 9.86. The molecule has 2 fully saturated rings. The van der Waals surface area contributed by atoms with Gasteiger partial charge in [0, 0.05) is 5.54 Å². The Morgan fingerprint density at radius 1 is 1.14 bits per heavy atom. The topological polar surface area (TPSA) is 38.0 Å². The first-order valence-electron chi connectivity index (χ1n) is 6.28. The fourth-order valence-corrected chi connectivity index (χ4v) is 2.50. The third kappa shape index (κ3) is 3.25. The summed E-state index contributed by atoms with van der Waals surface area (Å²) in [5, 5.41) is 3.53. The first-order chi connectivity index (χ1) is 6.79. The average Bonchev–Trinajstić information content (AvgIpc) is 2.89. The predicted molar refractivity (Wildman–Crippen MR) is 60.2 cm³/mol. The highest BCUT2D eigenvalue weighted by molar-refractivity contribution is 4.89. The minimum absolute atomic E-state index is 0.187. The van der Waals surface area contributed by atoms with E-state index < -0.39 is 0 Å². The SMILES string of the molecule is NC1(CCNCCC2CC2)CCCC1. The van der Waals surface area contributed by atoms with Crippen LogP contribution in [0.4, 0.5) is 0 Å². The van der Waals surface area contributed by atoms with E-state index in [1.165, 1.54) is 57.9 Å². The maximum atomic E-state index is 6.27. The molecule has 0 unspecified atom stereocenters. The summed E-state index contributed by atoms with van der Waals surface area (Å²) in [5.74, 6) is 1.06. The molecule has 0 aromatic heterocycles. The van der Waals surface area contributed by atoms with E-state index in [-0.39, 0.29) is 5.54 Å². The fourth-order valence-electron chi connectivity index (χ4n) is 2.50. The van der Waals surface area contributed by atoms with Gasteiger partial charge in [0.2, 0.25) is 0 Å². The number of hydrogen-bond donors (Lipinski definition) is 2. The van der Waals surface area contributed by atoms with E-state index in [2.05, 4.69) is 5.32 Å². The molecule has 0 amide bonds. The largest absolute Gasteiger partial charge is 0.325 e.